The summed E-state index contributed by atoms with van der Waals surface area (Å²) in [4.78, 5) is 0. The summed E-state index contributed by atoms with van der Waals surface area (Å²) < 4.78 is 0. The fraction of sp³-hybridized carbons (Fsp3) is 0.300. The van der Waals surface area contributed by atoms with Gasteiger partial charge in [-0.1, -0.05) is 109 Å². The van der Waals surface area contributed by atoms with Crippen molar-refractivity contribution in [3.05, 3.63) is 114 Å². The maximum absolute atomic E-state index is 2.64. The topological polar surface area (TPSA) is 0 Å². The predicted molar refractivity (Wildman–Crippen MR) is 169 cm³/mol. The van der Waals surface area contributed by atoms with Crippen LogP contribution in [0.15, 0.2) is 103 Å². The van der Waals surface area contributed by atoms with Crippen molar-refractivity contribution in [2.75, 3.05) is 0 Å². The van der Waals surface area contributed by atoms with Gasteiger partial charge in [-0.25, -0.2) is 0 Å². The fourth-order valence-electron chi connectivity index (χ4n) is 10.0. The molecule has 5 aliphatic rings. The van der Waals surface area contributed by atoms with Gasteiger partial charge in [0.15, 0.2) is 0 Å². The number of benzene rings is 5. The zero-order valence-corrected chi connectivity index (χ0v) is 23.2. The van der Waals surface area contributed by atoms with E-state index in [1.54, 1.807) is 11.1 Å². The molecule has 0 N–H and O–H groups in total. The van der Waals surface area contributed by atoms with E-state index in [0.29, 0.717) is 5.41 Å². The Hall–Kier alpha value is -3.64. The van der Waals surface area contributed by atoms with E-state index in [4.69, 9.17) is 0 Å². The summed E-state index contributed by atoms with van der Waals surface area (Å²) >= 11 is 0. The van der Waals surface area contributed by atoms with Crippen LogP contribution in [0.2, 0.25) is 0 Å². The SMILES string of the molecule is C1=C(CC23CC4CC(CC(C4)C2)C3)Cc2c(-c3cccc4ccccc34)ccc(-c3cccc4ccccc34)c21. The monoisotopic (exact) mass is 516 g/mol. The molecule has 0 unspecified atom stereocenters. The van der Waals surface area contributed by atoms with Crippen LogP contribution >= 0.6 is 0 Å². The molecule has 4 saturated carbocycles. The van der Waals surface area contributed by atoms with Crippen molar-refractivity contribution < 1.29 is 0 Å². The maximum Gasteiger partial charge on any atom is -0.00512 e. The first-order valence-corrected chi connectivity index (χ1v) is 15.5. The van der Waals surface area contributed by atoms with Crippen LogP contribution in [-0.2, 0) is 6.42 Å². The third-order valence-corrected chi connectivity index (χ3v) is 11.0. The largest absolute Gasteiger partial charge is 0.0646 e. The molecule has 5 aromatic rings. The summed E-state index contributed by atoms with van der Waals surface area (Å²) in [5, 5.41) is 5.36. The Morgan fingerprint density at radius 1 is 0.525 bits per heavy atom. The van der Waals surface area contributed by atoms with Crippen molar-refractivity contribution in [1.82, 2.24) is 0 Å². The molecule has 0 amide bonds. The minimum Gasteiger partial charge on any atom is -0.0646 e. The second kappa shape index (κ2) is 8.68. The zero-order valence-electron chi connectivity index (χ0n) is 23.2. The van der Waals surface area contributed by atoms with E-state index < -0.39 is 0 Å². The molecule has 5 aliphatic carbocycles. The van der Waals surface area contributed by atoms with Gasteiger partial charge in [0.2, 0.25) is 0 Å². The summed E-state index contributed by atoms with van der Waals surface area (Å²) in [5.74, 6) is 3.02. The lowest BCUT2D eigenvalue weighted by molar-refractivity contribution is -0.0521. The maximum atomic E-state index is 2.64. The van der Waals surface area contributed by atoms with Gasteiger partial charge in [-0.15, -0.1) is 0 Å². The molecule has 0 aliphatic heterocycles. The average Bonchev–Trinajstić information content (AvgIpc) is 3.38. The Morgan fingerprint density at radius 2 is 1.05 bits per heavy atom. The van der Waals surface area contributed by atoms with Crippen molar-refractivity contribution in [2.24, 2.45) is 23.2 Å². The molecule has 0 spiro atoms. The summed E-state index contributed by atoms with van der Waals surface area (Å²) in [5.41, 5.74) is 10.8. The first-order valence-electron chi connectivity index (χ1n) is 15.5. The molecule has 0 heteroatoms. The highest BCUT2D eigenvalue weighted by Gasteiger charge is 2.51. The number of hydrogen-bond donors (Lipinski definition) is 0. The molecule has 0 heterocycles. The third-order valence-electron chi connectivity index (χ3n) is 11.0. The van der Waals surface area contributed by atoms with Crippen molar-refractivity contribution >= 4 is 27.6 Å². The predicted octanol–water partition coefficient (Wildman–Crippen LogP) is 10.9. The van der Waals surface area contributed by atoms with Crippen LogP contribution < -0.4 is 0 Å². The molecule has 0 saturated heterocycles. The molecule has 10 rings (SSSR count). The van der Waals surface area contributed by atoms with Gasteiger partial charge in [0.05, 0.1) is 0 Å². The molecule has 0 aromatic heterocycles. The Kier molecular flexibility index (Phi) is 5.01. The van der Waals surface area contributed by atoms with Crippen molar-refractivity contribution in [3.8, 4) is 22.3 Å². The van der Waals surface area contributed by atoms with E-state index in [2.05, 4.69) is 103 Å². The van der Waals surface area contributed by atoms with Gasteiger partial charge >= 0.3 is 0 Å². The van der Waals surface area contributed by atoms with E-state index >= 15 is 0 Å². The minimum atomic E-state index is 0.571. The van der Waals surface area contributed by atoms with Gasteiger partial charge in [-0.05, 0) is 129 Å². The van der Waals surface area contributed by atoms with Gasteiger partial charge in [-0.2, -0.15) is 0 Å². The Morgan fingerprint density at radius 3 is 1.68 bits per heavy atom. The van der Waals surface area contributed by atoms with Gasteiger partial charge < -0.3 is 0 Å². The molecule has 4 bridgehead atoms. The van der Waals surface area contributed by atoms with Crippen molar-refractivity contribution in [2.45, 2.75) is 51.4 Å². The summed E-state index contributed by atoms with van der Waals surface area (Å²) in [6, 6.07) is 36.3. The molecule has 0 atom stereocenters. The summed E-state index contributed by atoms with van der Waals surface area (Å²) in [7, 11) is 0. The normalized spacial score (nSPS) is 26.4. The lowest BCUT2D eigenvalue weighted by Gasteiger charge is -2.57. The van der Waals surface area contributed by atoms with Gasteiger partial charge in [0.25, 0.3) is 0 Å². The van der Waals surface area contributed by atoms with Crippen LogP contribution in [0.1, 0.15) is 56.1 Å². The van der Waals surface area contributed by atoms with Crippen LogP contribution in [0.3, 0.4) is 0 Å². The number of allylic oxidation sites excluding steroid dienone is 1. The van der Waals surface area contributed by atoms with Crippen LogP contribution in [0.25, 0.3) is 49.9 Å². The first kappa shape index (κ1) is 23.1. The van der Waals surface area contributed by atoms with Gasteiger partial charge in [-0.3, -0.25) is 0 Å². The smallest absolute Gasteiger partial charge is 0.00512 e. The van der Waals surface area contributed by atoms with Crippen LogP contribution in [-0.4, -0.2) is 0 Å². The lowest BCUT2D eigenvalue weighted by Crippen LogP contribution is -2.46. The highest BCUT2D eigenvalue weighted by molar-refractivity contribution is 6.02. The number of fused-ring (bicyclic) bond motifs is 3. The molecular formula is C40H36. The second-order valence-electron chi connectivity index (χ2n) is 13.7. The molecule has 5 aromatic carbocycles. The lowest BCUT2D eigenvalue weighted by atomic mass is 9.48. The fourth-order valence-corrected chi connectivity index (χ4v) is 10.0. The Labute approximate surface area is 237 Å². The minimum absolute atomic E-state index is 0.571. The molecule has 0 radical (unpaired) electrons. The van der Waals surface area contributed by atoms with E-state index in [1.807, 2.05) is 0 Å². The molecule has 4 fully saturated rings. The third kappa shape index (κ3) is 3.58. The second-order valence-corrected chi connectivity index (χ2v) is 13.7. The highest BCUT2D eigenvalue weighted by Crippen LogP contribution is 2.62. The Bertz CT molecular complexity index is 1790. The van der Waals surface area contributed by atoms with E-state index in [9.17, 15) is 0 Å². The van der Waals surface area contributed by atoms with E-state index in [-0.39, 0.29) is 0 Å². The van der Waals surface area contributed by atoms with Crippen molar-refractivity contribution in [3.63, 3.8) is 0 Å². The summed E-state index contributed by atoms with van der Waals surface area (Å²) in [6.45, 7) is 0. The molecule has 40 heavy (non-hydrogen) atoms. The van der Waals surface area contributed by atoms with E-state index in [1.165, 1.54) is 94.3 Å². The first-order chi connectivity index (χ1) is 19.7. The van der Waals surface area contributed by atoms with Crippen LogP contribution in [0, 0.1) is 23.2 Å². The van der Waals surface area contributed by atoms with Crippen molar-refractivity contribution in [1.29, 1.82) is 0 Å². The quantitative estimate of drug-likeness (QED) is 0.223. The van der Waals surface area contributed by atoms with E-state index in [0.717, 1.165) is 24.2 Å². The van der Waals surface area contributed by atoms with Gasteiger partial charge in [0, 0.05) is 0 Å². The molecular weight excluding hydrogens is 480 g/mol. The van der Waals surface area contributed by atoms with Gasteiger partial charge in [0.1, 0.15) is 0 Å². The standard InChI is InChI=1S/C40H36/c1-3-11-32-30(7-1)9-5-13-34(32)36-15-16-37(35-14-6-10-31-8-2-4-12-33(31)35)39-21-29(20-38(36)39)25-40-22-26-17-27(23-40)19-28(18-26)24-40/h1-16,20,26-28H,17-19,21-25H2. The Balaban J connectivity index is 1.20. The molecule has 196 valence electrons. The summed E-state index contributed by atoms with van der Waals surface area (Å²) in [6.07, 6.45) is 14.1. The number of rotatable bonds is 4. The van der Waals surface area contributed by atoms with Crippen LogP contribution in [0.5, 0.6) is 0 Å². The zero-order chi connectivity index (χ0) is 26.3. The highest BCUT2D eigenvalue weighted by atomic mass is 14.6. The number of hydrogen-bond acceptors (Lipinski definition) is 0. The average molecular weight is 517 g/mol. The molecule has 0 nitrogen and oxygen atoms in total. The van der Waals surface area contributed by atoms with Crippen LogP contribution in [0.4, 0.5) is 0 Å².